The molecule has 1 aromatic heterocycles. The molecule has 0 saturated carbocycles. The van der Waals surface area contributed by atoms with Crippen LogP contribution >= 0.6 is 48.0 Å². The van der Waals surface area contributed by atoms with Crippen LogP contribution in [0.15, 0.2) is 34.7 Å². The van der Waals surface area contributed by atoms with Gasteiger partial charge in [-0.2, -0.15) is 0 Å². The molecule has 0 aliphatic rings. The van der Waals surface area contributed by atoms with Gasteiger partial charge in [-0.25, -0.2) is 0 Å². The maximum atomic E-state index is 8.64. The normalized spacial score (nSPS) is 10.1. The molecule has 3 N–H and O–H groups in total. The molecule has 8 heteroatoms. The van der Waals surface area contributed by atoms with Crippen LogP contribution in [0.25, 0.3) is 11.3 Å². The van der Waals surface area contributed by atoms with Gasteiger partial charge in [-0.15, -0.1) is 24.8 Å². The van der Waals surface area contributed by atoms with Crippen molar-refractivity contribution in [3.8, 4) is 11.3 Å². The van der Waals surface area contributed by atoms with Gasteiger partial charge in [0.25, 0.3) is 0 Å². The zero-order valence-corrected chi connectivity index (χ0v) is 16.2. The van der Waals surface area contributed by atoms with Crippen LogP contribution in [-0.2, 0) is 6.54 Å². The predicted molar refractivity (Wildman–Crippen MR) is 105 cm³/mol. The van der Waals surface area contributed by atoms with Crippen LogP contribution < -0.4 is 10.6 Å². The largest absolute Gasteiger partial charge is 0.460 e. The van der Waals surface area contributed by atoms with E-state index >= 15 is 0 Å². The summed E-state index contributed by atoms with van der Waals surface area (Å²) in [7, 11) is 0. The predicted octanol–water partition coefficient (Wildman–Crippen LogP) is 4.16. The van der Waals surface area contributed by atoms with Crippen molar-refractivity contribution in [2.75, 3.05) is 26.2 Å². The molecule has 24 heavy (non-hydrogen) atoms. The minimum absolute atomic E-state index is 0. The van der Waals surface area contributed by atoms with Gasteiger partial charge in [-0.3, -0.25) is 0 Å². The average Bonchev–Trinajstić information content (AvgIpc) is 2.97. The summed E-state index contributed by atoms with van der Waals surface area (Å²) >= 11 is 12.2. The van der Waals surface area contributed by atoms with Crippen LogP contribution in [0.4, 0.5) is 0 Å². The van der Waals surface area contributed by atoms with Crippen molar-refractivity contribution in [3.63, 3.8) is 0 Å². The number of nitrogens with one attached hydrogen (secondary N) is 2. The Morgan fingerprint density at radius 3 is 2.46 bits per heavy atom. The quantitative estimate of drug-likeness (QED) is 0.538. The SMILES string of the molecule is Cl.Cl.OCCNCCCNCc1ccc(-c2cc(Cl)ccc2Cl)o1. The fourth-order valence-corrected chi connectivity index (χ4v) is 2.44. The summed E-state index contributed by atoms with van der Waals surface area (Å²) in [5, 5.41) is 16.3. The van der Waals surface area contributed by atoms with Crippen LogP contribution in [-0.4, -0.2) is 31.3 Å². The number of aliphatic hydroxyl groups excluding tert-OH is 1. The van der Waals surface area contributed by atoms with Gasteiger partial charge in [0.15, 0.2) is 0 Å². The first-order chi connectivity index (χ1) is 10.7. The Morgan fingerprint density at radius 1 is 0.958 bits per heavy atom. The van der Waals surface area contributed by atoms with Crippen molar-refractivity contribution in [2.45, 2.75) is 13.0 Å². The minimum atomic E-state index is 0. The molecular weight excluding hydrogens is 394 g/mol. The topological polar surface area (TPSA) is 57.4 Å². The van der Waals surface area contributed by atoms with E-state index in [1.165, 1.54) is 0 Å². The highest BCUT2D eigenvalue weighted by atomic mass is 35.5. The Balaban J connectivity index is 0.00000264. The summed E-state index contributed by atoms with van der Waals surface area (Å²) in [5.41, 5.74) is 0.800. The van der Waals surface area contributed by atoms with Gasteiger partial charge in [-0.1, -0.05) is 23.2 Å². The van der Waals surface area contributed by atoms with Crippen LogP contribution in [0.5, 0.6) is 0 Å². The number of rotatable bonds is 9. The third-order valence-electron chi connectivity index (χ3n) is 3.15. The van der Waals surface area contributed by atoms with Gasteiger partial charge >= 0.3 is 0 Å². The lowest BCUT2D eigenvalue weighted by molar-refractivity contribution is 0.292. The van der Waals surface area contributed by atoms with E-state index in [1.54, 1.807) is 18.2 Å². The maximum absolute atomic E-state index is 8.64. The van der Waals surface area contributed by atoms with Crippen LogP contribution in [0.1, 0.15) is 12.2 Å². The third-order valence-corrected chi connectivity index (χ3v) is 3.72. The van der Waals surface area contributed by atoms with E-state index in [-0.39, 0.29) is 31.4 Å². The number of hydrogen-bond donors (Lipinski definition) is 3. The second-order valence-electron chi connectivity index (χ2n) is 4.89. The van der Waals surface area contributed by atoms with Gasteiger partial charge in [-0.05, 0) is 49.8 Å². The minimum Gasteiger partial charge on any atom is -0.460 e. The first-order valence-electron chi connectivity index (χ1n) is 7.27. The molecule has 0 bridgehead atoms. The standard InChI is InChI=1S/C16H20Cl2N2O2.2ClH/c17-12-2-4-15(18)14(10-12)16-5-3-13(22-16)11-20-7-1-6-19-8-9-21;;/h2-5,10,19-21H,1,6-9,11H2;2*1H. The molecule has 0 aliphatic carbocycles. The molecule has 0 atom stereocenters. The number of furan rings is 1. The van der Waals surface area contributed by atoms with E-state index in [4.69, 9.17) is 32.7 Å². The summed E-state index contributed by atoms with van der Waals surface area (Å²) in [6.07, 6.45) is 0.994. The highest BCUT2D eigenvalue weighted by molar-refractivity contribution is 6.35. The molecule has 0 fully saturated rings. The van der Waals surface area contributed by atoms with Gasteiger partial charge < -0.3 is 20.2 Å². The molecule has 2 rings (SSSR count). The van der Waals surface area contributed by atoms with E-state index < -0.39 is 0 Å². The highest BCUT2D eigenvalue weighted by Crippen LogP contribution is 2.31. The zero-order chi connectivity index (χ0) is 15.8. The van der Waals surface area contributed by atoms with Gasteiger partial charge in [0, 0.05) is 17.1 Å². The van der Waals surface area contributed by atoms with Crippen LogP contribution in [0, 0.1) is 0 Å². The second kappa shape index (κ2) is 12.8. The summed E-state index contributed by atoms with van der Waals surface area (Å²) in [6, 6.07) is 9.15. The Bertz CT molecular complexity index is 593. The van der Waals surface area contributed by atoms with E-state index in [2.05, 4.69) is 10.6 Å². The first kappa shape index (κ1) is 23.5. The summed E-state index contributed by atoms with van der Waals surface area (Å²) < 4.78 is 5.80. The molecule has 0 amide bonds. The Kier molecular flexibility index (Phi) is 12.6. The molecule has 2 aromatic rings. The molecule has 0 saturated heterocycles. The summed E-state index contributed by atoms with van der Waals surface area (Å²) in [4.78, 5) is 0. The smallest absolute Gasteiger partial charge is 0.135 e. The maximum Gasteiger partial charge on any atom is 0.135 e. The lowest BCUT2D eigenvalue weighted by atomic mass is 10.2. The molecular formula is C16H22Cl4N2O2. The third kappa shape index (κ3) is 7.62. The van der Waals surface area contributed by atoms with Crippen molar-refractivity contribution < 1.29 is 9.52 Å². The summed E-state index contributed by atoms with van der Waals surface area (Å²) in [6.45, 7) is 3.25. The Labute approximate surface area is 164 Å². The first-order valence-corrected chi connectivity index (χ1v) is 8.02. The molecule has 0 unspecified atom stereocenters. The number of hydrogen-bond acceptors (Lipinski definition) is 4. The van der Waals surface area contributed by atoms with E-state index in [1.807, 2.05) is 12.1 Å². The van der Waals surface area contributed by atoms with Crippen molar-refractivity contribution in [1.29, 1.82) is 0 Å². The monoisotopic (exact) mass is 414 g/mol. The molecule has 1 aromatic carbocycles. The molecule has 4 nitrogen and oxygen atoms in total. The number of aliphatic hydroxyl groups is 1. The van der Waals surface area contributed by atoms with Crippen molar-refractivity contribution in [2.24, 2.45) is 0 Å². The second-order valence-corrected chi connectivity index (χ2v) is 5.74. The van der Waals surface area contributed by atoms with Crippen molar-refractivity contribution in [3.05, 3.63) is 46.1 Å². The van der Waals surface area contributed by atoms with Crippen molar-refractivity contribution in [1.82, 2.24) is 10.6 Å². The van der Waals surface area contributed by atoms with Gasteiger partial charge in [0.2, 0.25) is 0 Å². The van der Waals surface area contributed by atoms with E-state index in [0.717, 1.165) is 30.8 Å². The Hall–Kier alpha value is -0.460. The van der Waals surface area contributed by atoms with Crippen molar-refractivity contribution >= 4 is 48.0 Å². The molecule has 136 valence electrons. The van der Waals surface area contributed by atoms with E-state index in [9.17, 15) is 0 Å². The fourth-order valence-electron chi connectivity index (χ4n) is 2.06. The molecule has 0 spiro atoms. The Morgan fingerprint density at radius 2 is 1.71 bits per heavy atom. The highest BCUT2D eigenvalue weighted by Gasteiger charge is 2.09. The molecule has 0 radical (unpaired) electrons. The van der Waals surface area contributed by atoms with Gasteiger partial charge in [0.1, 0.15) is 11.5 Å². The van der Waals surface area contributed by atoms with Crippen LogP contribution in [0.3, 0.4) is 0 Å². The number of benzene rings is 1. The fraction of sp³-hybridized carbons (Fsp3) is 0.375. The molecule has 1 heterocycles. The van der Waals surface area contributed by atoms with Gasteiger partial charge in [0.05, 0.1) is 18.2 Å². The average molecular weight is 416 g/mol. The summed E-state index contributed by atoms with van der Waals surface area (Å²) in [5.74, 6) is 1.57. The van der Waals surface area contributed by atoms with Crippen LogP contribution in [0.2, 0.25) is 10.0 Å². The lowest BCUT2D eigenvalue weighted by Crippen LogP contribution is -2.23. The zero-order valence-electron chi connectivity index (χ0n) is 13.1. The van der Waals surface area contributed by atoms with E-state index in [0.29, 0.717) is 28.9 Å². The lowest BCUT2D eigenvalue weighted by Gasteiger charge is -2.04. The number of halogens is 4. The molecule has 0 aliphatic heterocycles.